The highest BCUT2D eigenvalue weighted by atomic mass is 16.3. The summed E-state index contributed by atoms with van der Waals surface area (Å²) in [4.78, 5) is 0. The first kappa shape index (κ1) is 11.9. The molecule has 2 rings (SSSR count). The van der Waals surface area contributed by atoms with Crippen LogP contribution in [0.2, 0.25) is 0 Å². The second kappa shape index (κ2) is 4.77. The molecule has 2 N–H and O–H groups in total. The lowest BCUT2D eigenvalue weighted by Gasteiger charge is -2.23. The number of benzene rings is 1. The number of hydrogen-bond donors (Lipinski definition) is 2. The summed E-state index contributed by atoms with van der Waals surface area (Å²) in [7, 11) is 0. The quantitative estimate of drug-likeness (QED) is 0.816. The second-order valence-electron chi connectivity index (χ2n) is 5.03. The summed E-state index contributed by atoms with van der Waals surface area (Å²) in [6, 6.07) is 10.1. The van der Waals surface area contributed by atoms with Crippen LogP contribution in [0.4, 0.5) is 0 Å². The molecule has 0 aromatic heterocycles. The predicted molar refractivity (Wildman–Crippen MR) is 66.6 cm³/mol. The van der Waals surface area contributed by atoms with E-state index in [9.17, 15) is 10.4 Å². The van der Waals surface area contributed by atoms with Crippen molar-refractivity contribution in [2.75, 3.05) is 0 Å². The van der Waals surface area contributed by atoms with Crippen LogP contribution in [-0.2, 0) is 6.42 Å². The largest absolute Gasteiger partial charge is 0.508 e. The highest BCUT2D eigenvalue weighted by molar-refractivity contribution is 5.26. The standard InChI is InChI=1S/C14H18N2O/c1-14(10-15,16-12-4-5-12)9-8-11-2-6-13(17)7-3-11/h2-3,6-7,12,16-17H,4-5,8-9H2,1H3. The lowest BCUT2D eigenvalue weighted by Crippen LogP contribution is -2.42. The van der Waals surface area contributed by atoms with Crippen molar-refractivity contribution in [1.82, 2.24) is 5.32 Å². The highest BCUT2D eigenvalue weighted by Crippen LogP contribution is 2.24. The second-order valence-corrected chi connectivity index (χ2v) is 5.03. The van der Waals surface area contributed by atoms with E-state index < -0.39 is 5.54 Å². The van der Waals surface area contributed by atoms with Crippen LogP contribution in [0, 0.1) is 11.3 Å². The van der Waals surface area contributed by atoms with E-state index in [0.29, 0.717) is 6.04 Å². The average Bonchev–Trinajstić information content (AvgIpc) is 3.12. The first-order valence-corrected chi connectivity index (χ1v) is 6.08. The van der Waals surface area contributed by atoms with Gasteiger partial charge in [-0.15, -0.1) is 0 Å². The van der Waals surface area contributed by atoms with E-state index in [-0.39, 0.29) is 5.75 Å². The zero-order valence-corrected chi connectivity index (χ0v) is 10.1. The van der Waals surface area contributed by atoms with Gasteiger partial charge in [0.1, 0.15) is 11.3 Å². The fraction of sp³-hybridized carbons (Fsp3) is 0.500. The number of aryl methyl sites for hydroxylation is 1. The van der Waals surface area contributed by atoms with Gasteiger partial charge in [-0.1, -0.05) is 12.1 Å². The SMILES string of the molecule is CC(C#N)(CCc1ccc(O)cc1)NC1CC1. The Bertz CT molecular complexity index is 417. The van der Waals surface area contributed by atoms with E-state index in [2.05, 4.69) is 11.4 Å². The van der Waals surface area contributed by atoms with Gasteiger partial charge in [0.05, 0.1) is 6.07 Å². The van der Waals surface area contributed by atoms with Crippen molar-refractivity contribution in [3.63, 3.8) is 0 Å². The number of nitriles is 1. The van der Waals surface area contributed by atoms with Crippen molar-refractivity contribution in [1.29, 1.82) is 5.26 Å². The summed E-state index contributed by atoms with van der Waals surface area (Å²) in [5.41, 5.74) is 0.723. The van der Waals surface area contributed by atoms with Gasteiger partial charge in [-0.25, -0.2) is 0 Å². The van der Waals surface area contributed by atoms with Crippen LogP contribution in [0.1, 0.15) is 31.7 Å². The van der Waals surface area contributed by atoms with Gasteiger partial charge in [0, 0.05) is 6.04 Å². The van der Waals surface area contributed by atoms with E-state index in [1.807, 2.05) is 19.1 Å². The lowest BCUT2D eigenvalue weighted by molar-refractivity contribution is 0.414. The molecule has 0 radical (unpaired) electrons. The third-order valence-corrected chi connectivity index (χ3v) is 3.20. The fourth-order valence-corrected chi connectivity index (χ4v) is 1.90. The number of nitrogens with one attached hydrogen (secondary N) is 1. The van der Waals surface area contributed by atoms with Crippen molar-refractivity contribution in [3.8, 4) is 11.8 Å². The van der Waals surface area contributed by atoms with Crippen molar-refractivity contribution in [2.24, 2.45) is 0 Å². The predicted octanol–water partition coefficient (Wildman–Crippen LogP) is 2.36. The average molecular weight is 230 g/mol. The molecule has 1 fully saturated rings. The molecule has 0 amide bonds. The Morgan fingerprint density at radius 3 is 2.59 bits per heavy atom. The lowest BCUT2D eigenvalue weighted by atomic mass is 9.94. The molecule has 90 valence electrons. The molecule has 1 aliphatic carbocycles. The Morgan fingerprint density at radius 1 is 1.41 bits per heavy atom. The molecule has 0 saturated heterocycles. The van der Waals surface area contributed by atoms with E-state index in [0.717, 1.165) is 18.4 Å². The van der Waals surface area contributed by atoms with Crippen LogP contribution >= 0.6 is 0 Å². The van der Waals surface area contributed by atoms with Gasteiger partial charge in [-0.3, -0.25) is 5.32 Å². The molecule has 0 aliphatic heterocycles. The Hall–Kier alpha value is -1.53. The van der Waals surface area contributed by atoms with Crippen LogP contribution in [0.5, 0.6) is 5.75 Å². The summed E-state index contributed by atoms with van der Waals surface area (Å²) < 4.78 is 0. The molecular weight excluding hydrogens is 212 g/mol. The minimum absolute atomic E-state index is 0.285. The van der Waals surface area contributed by atoms with Gasteiger partial charge in [0.2, 0.25) is 0 Å². The Morgan fingerprint density at radius 2 is 2.06 bits per heavy atom. The van der Waals surface area contributed by atoms with Crippen LogP contribution in [0.15, 0.2) is 24.3 Å². The first-order chi connectivity index (χ1) is 8.11. The molecule has 1 saturated carbocycles. The van der Waals surface area contributed by atoms with Crippen LogP contribution < -0.4 is 5.32 Å². The molecule has 3 heteroatoms. The smallest absolute Gasteiger partial charge is 0.115 e. The normalized spacial score (nSPS) is 18.4. The van der Waals surface area contributed by atoms with Gasteiger partial charge >= 0.3 is 0 Å². The Kier molecular flexibility index (Phi) is 3.35. The van der Waals surface area contributed by atoms with Gasteiger partial charge in [0.25, 0.3) is 0 Å². The van der Waals surface area contributed by atoms with Crippen molar-refractivity contribution in [2.45, 2.75) is 44.2 Å². The molecular formula is C14H18N2O. The minimum Gasteiger partial charge on any atom is -0.508 e. The van der Waals surface area contributed by atoms with Crippen molar-refractivity contribution < 1.29 is 5.11 Å². The van der Waals surface area contributed by atoms with Gasteiger partial charge in [-0.05, 0) is 50.3 Å². The summed E-state index contributed by atoms with van der Waals surface area (Å²) in [5, 5.41) is 21.8. The van der Waals surface area contributed by atoms with E-state index in [1.54, 1.807) is 12.1 Å². The Labute approximate surface area is 102 Å². The van der Waals surface area contributed by atoms with Crippen LogP contribution in [0.25, 0.3) is 0 Å². The number of aromatic hydroxyl groups is 1. The molecule has 3 nitrogen and oxygen atoms in total. The van der Waals surface area contributed by atoms with Crippen LogP contribution in [0.3, 0.4) is 0 Å². The molecule has 1 aromatic rings. The van der Waals surface area contributed by atoms with Crippen molar-refractivity contribution >= 4 is 0 Å². The molecule has 1 atom stereocenters. The van der Waals surface area contributed by atoms with Crippen LogP contribution in [-0.4, -0.2) is 16.7 Å². The van der Waals surface area contributed by atoms with Gasteiger partial charge in [-0.2, -0.15) is 5.26 Å². The third kappa shape index (κ3) is 3.47. The zero-order valence-electron chi connectivity index (χ0n) is 10.1. The summed E-state index contributed by atoms with van der Waals surface area (Å²) >= 11 is 0. The van der Waals surface area contributed by atoms with E-state index in [1.165, 1.54) is 12.8 Å². The Balaban J connectivity index is 1.91. The summed E-state index contributed by atoms with van der Waals surface area (Å²) in [6.07, 6.45) is 4.03. The number of hydrogen-bond acceptors (Lipinski definition) is 3. The van der Waals surface area contributed by atoms with Gasteiger partial charge < -0.3 is 5.11 Å². The van der Waals surface area contributed by atoms with Gasteiger partial charge in [0.15, 0.2) is 0 Å². The van der Waals surface area contributed by atoms with E-state index in [4.69, 9.17) is 0 Å². The zero-order chi connectivity index (χ0) is 12.3. The third-order valence-electron chi connectivity index (χ3n) is 3.20. The maximum Gasteiger partial charge on any atom is 0.115 e. The monoisotopic (exact) mass is 230 g/mol. The fourth-order valence-electron chi connectivity index (χ4n) is 1.90. The molecule has 0 spiro atoms. The maximum atomic E-state index is 9.23. The minimum atomic E-state index is -0.431. The topological polar surface area (TPSA) is 56.0 Å². The maximum absolute atomic E-state index is 9.23. The molecule has 1 aliphatic rings. The summed E-state index contributed by atoms with van der Waals surface area (Å²) in [5.74, 6) is 0.285. The number of phenolic OH excluding ortho intramolecular Hbond substituents is 1. The highest BCUT2D eigenvalue weighted by Gasteiger charge is 2.31. The molecule has 0 heterocycles. The number of rotatable bonds is 5. The number of phenols is 1. The first-order valence-electron chi connectivity index (χ1n) is 6.08. The molecule has 1 aromatic carbocycles. The van der Waals surface area contributed by atoms with Crippen molar-refractivity contribution in [3.05, 3.63) is 29.8 Å². The molecule has 1 unspecified atom stereocenters. The number of nitrogens with zero attached hydrogens (tertiary/aromatic N) is 1. The van der Waals surface area contributed by atoms with E-state index >= 15 is 0 Å². The molecule has 17 heavy (non-hydrogen) atoms. The molecule has 0 bridgehead atoms. The summed E-state index contributed by atoms with van der Waals surface area (Å²) in [6.45, 7) is 1.96.